The van der Waals surface area contributed by atoms with E-state index in [1.54, 1.807) is 28.4 Å². The lowest BCUT2D eigenvalue weighted by Gasteiger charge is -2.27. The van der Waals surface area contributed by atoms with Crippen LogP contribution in [-0.2, 0) is 9.47 Å². The van der Waals surface area contributed by atoms with Gasteiger partial charge < -0.3 is 39.9 Å². The zero-order valence-corrected chi connectivity index (χ0v) is 34.1. The highest BCUT2D eigenvalue weighted by Gasteiger charge is 2.16. The Hall–Kier alpha value is -0.320. The molecule has 4 aliphatic heterocycles. The number of aliphatic hydroxyl groups is 1. The maximum absolute atomic E-state index is 8.76. The third-order valence-corrected chi connectivity index (χ3v) is 9.10. The van der Waals surface area contributed by atoms with Crippen LogP contribution in [0.25, 0.3) is 0 Å². The molecule has 4 fully saturated rings. The maximum atomic E-state index is 8.76. The highest BCUT2D eigenvalue weighted by atomic mass is 16.5. The Balaban J connectivity index is -0.000000233. The van der Waals surface area contributed by atoms with Gasteiger partial charge in [-0.3, -0.25) is 0 Å². The molecule has 0 unspecified atom stereocenters. The summed E-state index contributed by atoms with van der Waals surface area (Å²) < 4.78 is 8.50. The SMILES string of the molecule is CC.CC.CCC1CCN(C)CC1.CCC1CCN(C)CC1.CN1CCC(CN)CC1.CN1CCC(CO)CC1.COC.COC. The van der Waals surface area contributed by atoms with E-state index in [0.717, 1.165) is 37.4 Å². The fraction of sp³-hybridized carbons (Fsp3) is 1.00. The van der Waals surface area contributed by atoms with Crippen LogP contribution in [0.5, 0.6) is 0 Å². The van der Waals surface area contributed by atoms with E-state index in [9.17, 15) is 0 Å². The van der Waals surface area contributed by atoms with Gasteiger partial charge in [-0.1, -0.05) is 54.4 Å². The molecule has 8 nitrogen and oxygen atoms in total. The number of likely N-dealkylation sites (tertiary alicyclic amines) is 4. The molecule has 0 aromatic rings. The average molecular weight is 664 g/mol. The molecule has 0 atom stereocenters. The van der Waals surface area contributed by atoms with Crippen molar-refractivity contribution >= 4 is 0 Å². The lowest BCUT2D eigenvalue weighted by atomic mass is 9.95. The summed E-state index contributed by atoms with van der Waals surface area (Å²) in [6.07, 6.45) is 13.4. The first-order valence-corrected chi connectivity index (χ1v) is 19.0. The normalized spacial score (nSPS) is 20.3. The first-order valence-electron chi connectivity index (χ1n) is 19.0. The molecule has 0 bridgehead atoms. The molecule has 46 heavy (non-hydrogen) atoms. The Kier molecular flexibility index (Phi) is 46.6. The monoisotopic (exact) mass is 664 g/mol. The van der Waals surface area contributed by atoms with Crippen molar-refractivity contribution in [1.82, 2.24) is 19.6 Å². The number of methoxy groups -OCH3 is 2. The maximum Gasteiger partial charge on any atom is 0.0460 e. The molecule has 0 aromatic heterocycles. The summed E-state index contributed by atoms with van der Waals surface area (Å²) in [6, 6.07) is 0. The van der Waals surface area contributed by atoms with Gasteiger partial charge in [0, 0.05) is 35.0 Å². The first kappa shape index (κ1) is 52.5. The second-order valence-corrected chi connectivity index (χ2v) is 13.0. The van der Waals surface area contributed by atoms with E-state index in [1.165, 1.54) is 103 Å². The van der Waals surface area contributed by atoms with E-state index in [2.05, 4.69) is 71.1 Å². The highest BCUT2D eigenvalue weighted by molar-refractivity contribution is 4.71. The number of ether oxygens (including phenoxy) is 2. The van der Waals surface area contributed by atoms with Crippen LogP contribution < -0.4 is 5.73 Å². The molecule has 0 amide bonds. The molecule has 4 aliphatic rings. The van der Waals surface area contributed by atoms with E-state index >= 15 is 0 Å². The lowest BCUT2D eigenvalue weighted by molar-refractivity contribution is 0.148. The lowest BCUT2D eigenvalue weighted by Crippen LogP contribution is -2.33. The van der Waals surface area contributed by atoms with Crippen LogP contribution in [0.2, 0.25) is 0 Å². The molecule has 0 aromatic carbocycles. The standard InChI is InChI=1S/2C8H17N.C7H16N2.C7H15NO.2C2H6O.2C2H6/c2*1-3-8-4-6-9(2)7-5-8;1-9-4-2-7(6-8)3-5-9;1-8-4-2-7(6-9)3-5-8;2*1-3-2;2*1-2/h2*8H,3-7H2,1-2H3;7H,2-6,8H2,1H3;7,9H,2-6H2,1H3;2*1-2H3;2*1-2H3. The Morgan fingerprint density at radius 2 is 0.674 bits per heavy atom. The molecular formula is C38H89N5O3. The summed E-state index contributed by atoms with van der Waals surface area (Å²) in [7, 11) is 15.2. The minimum absolute atomic E-state index is 0.383. The van der Waals surface area contributed by atoms with Gasteiger partial charge in [-0.2, -0.15) is 0 Å². The number of nitrogens with two attached hydrogens (primary N) is 1. The highest BCUT2D eigenvalue weighted by Crippen LogP contribution is 2.19. The van der Waals surface area contributed by atoms with E-state index in [0.29, 0.717) is 12.5 Å². The summed E-state index contributed by atoms with van der Waals surface area (Å²) in [5.74, 6) is 3.45. The van der Waals surface area contributed by atoms with Gasteiger partial charge in [-0.05, 0) is 162 Å². The minimum atomic E-state index is 0.383. The molecule has 0 saturated carbocycles. The van der Waals surface area contributed by atoms with Crippen LogP contribution in [0.1, 0.15) is 106 Å². The van der Waals surface area contributed by atoms with Crippen molar-refractivity contribution in [2.24, 2.45) is 29.4 Å². The molecule has 284 valence electrons. The second-order valence-electron chi connectivity index (χ2n) is 13.0. The summed E-state index contributed by atoms with van der Waals surface area (Å²) in [5.41, 5.74) is 5.53. The number of piperidine rings is 4. The molecule has 4 heterocycles. The predicted octanol–water partition coefficient (Wildman–Crippen LogP) is 6.66. The van der Waals surface area contributed by atoms with Gasteiger partial charge in [0.1, 0.15) is 0 Å². The Bertz CT molecular complexity index is 424. The second kappa shape index (κ2) is 40.9. The van der Waals surface area contributed by atoms with Crippen molar-refractivity contribution in [2.75, 3.05) is 122 Å². The van der Waals surface area contributed by atoms with Crippen molar-refractivity contribution in [3.63, 3.8) is 0 Å². The van der Waals surface area contributed by atoms with Gasteiger partial charge in [0.2, 0.25) is 0 Å². The fourth-order valence-electron chi connectivity index (χ4n) is 5.48. The number of hydrogen-bond donors (Lipinski definition) is 2. The van der Waals surface area contributed by atoms with Gasteiger partial charge in [0.05, 0.1) is 0 Å². The van der Waals surface area contributed by atoms with Crippen LogP contribution in [0.15, 0.2) is 0 Å². The zero-order chi connectivity index (χ0) is 36.2. The Morgan fingerprint density at radius 1 is 0.478 bits per heavy atom. The Labute approximate surface area is 291 Å². The molecule has 0 radical (unpaired) electrons. The van der Waals surface area contributed by atoms with E-state index in [4.69, 9.17) is 10.8 Å². The third kappa shape index (κ3) is 35.0. The van der Waals surface area contributed by atoms with Gasteiger partial charge in [0.25, 0.3) is 0 Å². The summed E-state index contributed by atoms with van der Waals surface area (Å²) in [4.78, 5) is 9.52. The summed E-state index contributed by atoms with van der Waals surface area (Å²) in [6.45, 7) is 23.9. The quantitative estimate of drug-likeness (QED) is 0.346. The van der Waals surface area contributed by atoms with Gasteiger partial charge in [0.15, 0.2) is 0 Å². The molecular weight excluding hydrogens is 574 g/mol. The largest absolute Gasteiger partial charge is 0.396 e. The van der Waals surface area contributed by atoms with Crippen LogP contribution in [0, 0.1) is 23.7 Å². The molecule has 0 aliphatic carbocycles. The Morgan fingerprint density at radius 3 is 0.848 bits per heavy atom. The topological polar surface area (TPSA) is 77.7 Å². The van der Waals surface area contributed by atoms with Crippen molar-refractivity contribution in [2.45, 2.75) is 106 Å². The number of aliphatic hydroxyl groups excluding tert-OH is 1. The molecule has 0 spiro atoms. The zero-order valence-electron chi connectivity index (χ0n) is 34.1. The van der Waals surface area contributed by atoms with Crippen molar-refractivity contribution in [1.29, 1.82) is 0 Å². The summed E-state index contributed by atoms with van der Waals surface area (Å²) in [5, 5.41) is 8.76. The molecule has 8 heteroatoms. The van der Waals surface area contributed by atoms with Crippen LogP contribution in [-0.4, -0.2) is 147 Å². The summed E-state index contributed by atoms with van der Waals surface area (Å²) >= 11 is 0. The van der Waals surface area contributed by atoms with Crippen LogP contribution >= 0.6 is 0 Å². The molecule has 4 saturated heterocycles. The van der Waals surface area contributed by atoms with Crippen molar-refractivity contribution in [3.8, 4) is 0 Å². The minimum Gasteiger partial charge on any atom is -0.396 e. The van der Waals surface area contributed by atoms with E-state index in [1.807, 2.05) is 27.7 Å². The van der Waals surface area contributed by atoms with Gasteiger partial charge in [-0.25, -0.2) is 0 Å². The fourth-order valence-corrected chi connectivity index (χ4v) is 5.48. The van der Waals surface area contributed by atoms with E-state index in [-0.39, 0.29) is 0 Å². The predicted molar refractivity (Wildman–Crippen MR) is 206 cm³/mol. The van der Waals surface area contributed by atoms with Crippen LogP contribution in [0.3, 0.4) is 0 Å². The van der Waals surface area contributed by atoms with E-state index < -0.39 is 0 Å². The first-order chi connectivity index (χ1) is 22.1. The molecule has 3 N–H and O–H groups in total. The van der Waals surface area contributed by atoms with Crippen LogP contribution in [0.4, 0.5) is 0 Å². The van der Waals surface area contributed by atoms with Crippen molar-refractivity contribution in [3.05, 3.63) is 0 Å². The third-order valence-electron chi connectivity index (χ3n) is 9.10. The average Bonchev–Trinajstić information content (AvgIpc) is 3.10. The number of hydrogen-bond acceptors (Lipinski definition) is 8. The van der Waals surface area contributed by atoms with Gasteiger partial charge in [-0.15, -0.1) is 0 Å². The number of rotatable bonds is 4. The number of nitrogens with zero attached hydrogens (tertiary/aromatic N) is 4. The van der Waals surface area contributed by atoms with Crippen molar-refractivity contribution < 1.29 is 14.6 Å². The van der Waals surface area contributed by atoms with Gasteiger partial charge >= 0.3 is 0 Å². The smallest absolute Gasteiger partial charge is 0.0460 e. The molecule has 4 rings (SSSR count).